The number of hydrogen-bond acceptors (Lipinski definition) is 1. The minimum atomic E-state index is -0.985. The highest BCUT2D eigenvalue weighted by atomic mass is 19.2. The first-order chi connectivity index (χ1) is 16.4. The minimum Gasteiger partial charge on any atom is -0.491 e. The summed E-state index contributed by atoms with van der Waals surface area (Å²) in [4.78, 5) is 0. The quantitative estimate of drug-likeness (QED) is 0.251. The average Bonchev–Trinajstić information content (AvgIpc) is 2.84. The van der Waals surface area contributed by atoms with Crippen molar-refractivity contribution in [3.05, 3.63) is 113 Å². The zero-order valence-corrected chi connectivity index (χ0v) is 19.0. The molecule has 0 bridgehead atoms. The van der Waals surface area contributed by atoms with Crippen LogP contribution in [0.3, 0.4) is 0 Å². The Kier molecular flexibility index (Phi) is 7.01. The predicted octanol–water partition coefficient (Wildman–Crippen LogP) is 8.07. The van der Waals surface area contributed by atoms with E-state index in [-0.39, 0.29) is 29.0 Å². The van der Waals surface area contributed by atoms with Gasteiger partial charge in [0.15, 0.2) is 23.2 Å². The molecule has 0 unspecified atom stereocenters. The molecule has 4 aromatic rings. The topological polar surface area (TPSA) is 9.23 Å². The third-order valence-corrected chi connectivity index (χ3v) is 5.82. The molecule has 4 rings (SSSR count). The highest BCUT2D eigenvalue weighted by Gasteiger charge is 2.17. The monoisotopic (exact) mass is 464 g/mol. The van der Waals surface area contributed by atoms with E-state index in [1.807, 2.05) is 19.1 Å². The van der Waals surface area contributed by atoms with Crippen LogP contribution in [0.15, 0.2) is 72.8 Å². The molecule has 34 heavy (non-hydrogen) atoms. The number of halogens is 4. The van der Waals surface area contributed by atoms with E-state index in [0.717, 1.165) is 11.1 Å². The van der Waals surface area contributed by atoms with Gasteiger partial charge < -0.3 is 4.74 Å². The molecular weight excluding hydrogens is 440 g/mol. The molecule has 0 radical (unpaired) electrons. The standard InChI is InChI=1S/C29H24F4O/c1-3-34-25-17-14-22(26(30)29(25)33)13-8-19-6-11-21(12-7-19)24-16-15-23(27(31)28(24)32)20-9-4-18(2)5-10-20/h4-7,9-12,14-17H,3,8,13H2,1-2H3. The molecule has 0 aromatic heterocycles. The summed E-state index contributed by atoms with van der Waals surface area (Å²) in [6, 6.07) is 20.3. The van der Waals surface area contributed by atoms with Gasteiger partial charge in [-0.1, -0.05) is 72.3 Å². The molecule has 0 N–H and O–H groups in total. The summed E-state index contributed by atoms with van der Waals surface area (Å²) in [5, 5.41) is 0. The van der Waals surface area contributed by atoms with Crippen LogP contribution in [0.4, 0.5) is 17.6 Å². The maximum Gasteiger partial charge on any atom is 0.200 e. The first kappa shape index (κ1) is 23.6. The molecule has 0 fully saturated rings. The molecule has 0 saturated heterocycles. The van der Waals surface area contributed by atoms with E-state index in [2.05, 4.69) is 0 Å². The van der Waals surface area contributed by atoms with Crippen molar-refractivity contribution in [1.82, 2.24) is 0 Å². The number of benzene rings is 4. The number of rotatable bonds is 7. The molecule has 0 atom stereocenters. The zero-order valence-electron chi connectivity index (χ0n) is 19.0. The van der Waals surface area contributed by atoms with Crippen molar-refractivity contribution < 1.29 is 22.3 Å². The van der Waals surface area contributed by atoms with Crippen molar-refractivity contribution in [3.63, 3.8) is 0 Å². The molecule has 0 aliphatic rings. The van der Waals surface area contributed by atoms with Gasteiger partial charge in [-0.2, -0.15) is 4.39 Å². The summed E-state index contributed by atoms with van der Waals surface area (Å²) in [6.07, 6.45) is 0.760. The van der Waals surface area contributed by atoms with E-state index in [1.54, 1.807) is 55.5 Å². The second kappa shape index (κ2) is 10.1. The van der Waals surface area contributed by atoms with Crippen LogP contribution in [0.1, 0.15) is 23.6 Å². The van der Waals surface area contributed by atoms with Crippen LogP contribution >= 0.6 is 0 Å². The van der Waals surface area contributed by atoms with Gasteiger partial charge in [0.1, 0.15) is 0 Å². The average molecular weight is 465 g/mol. The fraction of sp³-hybridized carbons (Fsp3) is 0.172. The normalized spacial score (nSPS) is 11.0. The smallest absolute Gasteiger partial charge is 0.200 e. The summed E-state index contributed by atoms with van der Waals surface area (Å²) in [5.41, 5.74) is 3.69. The van der Waals surface area contributed by atoms with Crippen LogP contribution < -0.4 is 4.74 Å². The summed E-state index contributed by atoms with van der Waals surface area (Å²) in [5.74, 6) is -3.79. The molecule has 5 heteroatoms. The predicted molar refractivity (Wildman–Crippen MR) is 127 cm³/mol. The van der Waals surface area contributed by atoms with Crippen molar-refractivity contribution in [2.75, 3.05) is 6.61 Å². The molecule has 4 aromatic carbocycles. The summed E-state index contributed by atoms with van der Waals surface area (Å²) in [7, 11) is 0. The molecule has 0 heterocycles. The number of hydrogen-bond donors (Lipinski definition) is 0. The van der Waals surface area contributed by atoms with Gasteiger partial charge in [0.05, 0.1) is 6.61 Å². The van der Waals surface area contributed by atoms with E-state index in [1.165, 1.54) is 12.1 Å². The van der Waals surface area contributed by atoms with Gasteiger partial charge in [-0.25, -0.2) is 13.2 Å². The number of aryl methyl sites for hydroxylation is 3. The Morgan fingerprint density at radius 3 is 1.71 bits per heavy atom. The van der Waals surface area contributed by atoms with Crippen LogP contribution in [0.2, 0.25) is 0 Å². The molecule has 0 saturated carbocycles. The maximum absolute atomic E-state index is 14.9. The molecule has 0 spiro atoms. The second-order valence-electron chi connectivity index (χ2n) is 8.14. The van der Waals surface area contributed by atoms with Crippen molar-refractivity contribution in [1.29, 1.82) is 0 Å². The van der Waals surface area contributed by atoms with Gasteiger partial charge in [0.2, 0.25) is 5.82 Å². The molecule has 174 valence electrons. The first-order valence-electron chi connectivity index (χ1n) is 11.1. The lowest BCUT2D eigenvalue weighted by Crippen LogP contribution is -2.02. The molecule has 1 nitrogen and oxygen atoms in total. The summed E-state index contributed by atoms with van der Waals surface area (Å²) < 4.78 is 63.2. The fourth-order valence-electron chi connectivity index (χ4n) is 3.89. The molecule has 0 amide bonds. The van der Waals surface area contributed by atoms with Crippen molar-refractivity contribution in [2.45, 2.75) is 26.7 Å². The van der Waals surface area contributed by atoms with Crippen molar-refractivity contribution in [2.24, 2.45) is 0 Å². The van der Waals surface area contributed by atoms with Gasteiger partial charge in [-0.3, -0.25) is 0 Å². The SMILES string of the molecule is CCOc1ccc(CCc2ccc(-c3ccc(-c4ccc(C)cc4)c(F)c3F)cc2)c(F)c1F. The summed E-state index contributed by atoms with van der Waals surface area (Å²) >= 11 is 0. The number of ether oxygens (including phenoxy) is 1. The van der Waals surface area contributed by atoms with Gasteiger partial charge in [-0.15, -0.1) is 0 Å². The highest BCUT2D eigenvalue weighted by molar-refractivity contribution is 5.72. The second-order valence-corrected chi connectivity index (χ2v) is 8.14. The van der Waals surface area contributed by atoms with Crippen LogP contribution in [0.5, 0.6) is 5.75 Å². The van der Waals surface area contributed by atoms with Crippen molar-refractivity contribution >= 4 is 0 Å². The molecule has 0 aliphatic heterocycles. The Morgan fingerprint density at radius 1 is 0.588 bits per heavy atom. The third-order valence-electron chi connectivity index (χ3n) is 5.82. The van der Waals surface area contributed by atoms with E-state index in [0.29, 0.717) is 24.0 Å². The molecule has 0 aliphatic carbocycles. The van der Waals surface area contributed by atoms with Crippen LogP contribution in [-0.4, -0.2) is 6.61 Å². The Bertz CT molecular complexity index is 1300. The van der Waals surface area contributed by atoms with E-state index >= 15 is 0 Å². The Labute approximate surface area is 196 Å². The lowest BCUT2D eigenvalue weighted by molar-refractivity contribution is 0.313. The van der Waals surface area contributed by atoms with Crippen molar-refractivity contribution in [3.8, 4) is 28.0 Å². The Balaban J connectivity index is 1.50. The largest absolute Gasteiger partial charge is 0.491 e. The van der Waals surface area contributed by atoms with E-state index < -0.39 is 23.3 Å². The Hall–Kier alpha value is -3.60. The lowest BCUT2D eigenvalue weighted by Gasteiger charge is -2.11. The lowest BCUT2D eigenvalue weighted by atomic mass is 9.96. The Morgan fingerprint density at radius 2 is 1.15 bits per heavy atom. The van der Waals surface area contributed by atoms with Gasteiger partial charge >= 0.3 is 0 Å². The van der Waals surface area contributed by atoms with Gasteiger partial charge in [-0.05, 0) is 55.0 Å². The van der Waals surface area contributed by atoms with Crippen LogP contribution in [0.25, 0.3) is 22.3 Å². The van der Waals surface area contributed by atoms with E-state index in [4.69, 9.17) is 4.74 Å². The molecular formula is C29H24F4O. The summed E-state index contributed by atoms with van der Waals surface area (Å²) in [6.45, 7) is 3.88. The maximum atomic E-state index is 14.9. The third kappa shape index (κ3) is 4.84. The highest BCUT2D eigenvalue weighted by Crippen LogP contribution is 2.32. The fourth-order valence-corrected chi connectivity index (χ4v) is 3.89. The zero-order chi connectivity index (χ0) is 24.2. The van der Waals surface area contributed by atoms with E-state index in [9.17, 15) is 17.6 Å². The van der Waals surface area contributed by atoms with Crippen LogP contribution in [0, 0.1) is 30.2 Å². The van der Waals surface area contributed by atoms with Gasteiger partial charge in [0.25, 0.3) is 0 Å². The van der Waals surface area contributed by atoms with Gasteiger partial charge in [0, 0.05) is 11.1 Å². The first-order valence-corrected chi connectivity index (χ1v) is 11.1. The van der Waals surface area contributed by atoms with Crippen LogP contribution in [-0.2, 0) is 12.8 Å². The minimum absolute atomic E-state index is 0.101.